The third-order valence-corrected chi connectivity index (χ3v) is 3.25. The molecule has 0 radical (unpaired) electrons. The highest BCUT2D eigenvalue weighted by Gasteiger charge is 2.19. The van der Waals surface area contributed by atoms with Crippen molar-refractivity contribution in [2.24, 2.45) is 0 Å². The summed E-state index contributed by atoms with van der Waals surface area (Å²) in [6.07, 6.45) is 0. The number of amides is 1. The molecule has 1 aromatic rings. The zero-order valence-corrected chi connectivity index (χ0v) is 14.2. The predicted octanol–water partition coefficient (Wildman–Crippen LogP) is 1.29. The summed E-state index contributed by atoms with van der Waals surface area (Å²) in [6.45, 7) is 3.49. The second kappa shape index (κ2) is 10.2. The van der Waals surface area contributed by atoms with Gasteiger partial charge in [0.2, 0.25) is 5.91 Å². The Hall–Kier alpha value is -1.61. The highest BCUT2D eigenvalue weighted by molar-refractivity contribution is 5.94. The average Bonchev–Trinajstić information content (AvgIpc) is 2.48. The van der Waals surface area contributed by atoms with Crippen LogP contribution in [0.4, 0.5) is 11.4 Å². The van der Waals surface area contributed by atoms with Crippen LogP contribution in [-0.4, -0.2) is 55.6 Å². The van der Waals surface area contributed by atoms with Gasteiger partial charge in [-0.25, -0.2) is 0 Å². The monoisotopic (exact) mass is 366 g/mol. The Kier molecular flexibility index (Phi) is 9.50. The van der Waals surface area contributed by atoms with E-state index in [4.69, 9.17) is 4.74 Å². The van der Waals surface area contributed by atoms with E-state index >= 15 is 0 Å². The van der Waals surface area contributed by atoms with Crippen LogP contribution in [0.1, 0.15) is 0 Å². The van der Waals surface area contributed by atoms with Crippen molar-refractivity contribution in [3.05, 3.63) is 28.3 Å². The lowest BCUT2D eigenvalue weighted by Gasteiger charge is -2.26. The highest BCUT2D eigenvalue weighted by Crippen LogP contribution is 2.28. The number of carbonyl (C=O) groups excluding carboxylic acids is 1. The van der Waals surface area contributed by atoms with Crippen molar-refractivity contribution in [3.8, 4) is 5.75 Å². The minimum Gasteiger partial charge on any atom is -0.496 e. The average molecular weight is 367 g/mol. The zero-order chi connectivity index (χ0) is 15.2. The Morgan fingerprint density at radius 2 is 2.04 bits per heavy atom. The number of nitro benzene ring substituents is 1. The van der Waals surface area contributed by atoms with Gasteiger partial charge >= 0.3 is 0 Å². The summed E-state index contributed by atoms with van der Waals surface area (Å²) in [5.74, 6) is 0.118. The van der Waals surface area contributed by atoms with Crippen LogP contribution in [-0.2, 0) is 4.79 Å². The fourth-order valence-electron chi connectivity index (χ4n) is 2.16. The Balaban J connectivity index is 0.00000242. The van der Waals surface area contributed by atoms with Gasteiger partial charge < -0.3 is 15.4 Å². The lowest BCUT2D eigenvalue weighted by atomic mass is 10.2. The fourth-order valence-corrected chi connectivity index (χ4v) is 2.16. The zero-order valence-electron chi connectivity index (χ0n) is 12.6. The first-order chi connectivity index (χ1) is 10.1. The van der Waals surface area contributed by atoms with Gasteiger partial charge in [-0.15, -0.1) is 24.8 Å². The van der Waals surface area contributed by atoms with E-state index in [-0.39, 0.29) is 48.6 Å². The van der Waals surface area contributed by atoms with Crippen LogP contribution in [0.15, 0.2) is 18.2 Å². The van der Waals surface area contributed by atoms with Crippen LogP contribution in [0.2, 0.25) is 0 Å². The molecule has 130 valence electrons. The molecular formula is C13H20Cl2N4O4. The van der Waals surface area contributed by atoms with Crippen LogP contribution in [0.3, 0.4) is 0 Å². The van der Waals surface area contributed by atoms with Gasteiger partial charge in [-0.3, -0.25) is 19.8 Å². The molecule has 2 N–H and O–H groups in total. The largest absolute Gasteiger partial charge is 0.496 e. The van der Waals surface area contributed by atoms with E-state index < -0.39 is 4.92 Å². The van der Waals surface area contributed by atoms with Gasteiger partial charge in [0.05, 0.1) is 24.6 Å². The van der Waals surface area contributed by atoms with Crippen LogP contribution < -0.4 is 15.4 Å². The number of nitro groups is 1. The molecule has 1 amide bonds. The van der Waals surface area contributed by atoms with Gasteiger partial charge in [-0.2, -0.15) is 0 Å². The number of nitrogens with one attached hydrogen (secondary N) is 2. The van der Waals surface area contributed by atoms with Crippen LogP contribution in [0.25, 0.3) is 0 Å². The smallest absolute Gasteiger partial charge is 0.296 e. The first-order valence-corrected chi connectivity index (χ1v) is 6.65. The molecule has 1 heterocycles. The normalized spacial score (nSPS) is 14.1. The van der Waals surface area contributed by atoms with E-state index in [1.165, 1.54) is 19.2 Å². The van der Waals surface area contributed by atoms with Crippen molar-refractivity contribution in [1.82, 2.24) is 10.2 Å². The number of carbonyl (C=O) groups is 1. The molecule has 0 aromatic heterocycles. The van der Waals surface area contributed by atoms with Crippen molar-refractivity contribution in [3.63, 3.8) is 0 Å². The molecule has 1 saturated heterocycles. The van der Waals surface area contributed by atoms with Gasteiger partial charge in [0.25, 0.3) is 5.69 Å². The first kappa shape index (κ1) is 21.4. The third kappa shape index (κ3) is 6.19. The van der Waals surface area contributed by atoms with E-state index in [2.05, 4.69) is 10.6 Å². The van der Waals surface area contributed by atoms with Gasteiger partial charge in [0.1, 0.15) is 11.4 Å². The molecule has 0 aliphatic carbocycles. The first-order valence-electron chi connectivity index (χ1n) is 6.65. The van der Waals surface area contributed by atoms with Crippen LogP contribution >= 0.6 is 24.8 Å². The number of ether oxygens (including phenoxy) is 1. The Bertz CT molecular complexity index is 539. The van der Waals surface area contributed by atoms with Crippen LogP contribution in [0.5, 0.6) is 5.75 Å². The number of rotatable bonds is 5. The Morgan fingerprint density at radius 3 is 2.61 bits per heavy atom. The molecule has 0 bridgehead atoms. The summed E-state index contributed by atoms with van der Waals surface area (Å²) in [4.78, 5) is 24.5. The molecule has 0 atom stereocenters. The lowest BCUT2D eigenvalue weighted by molar-refractivity contribution is -0.384. The molecular weight excluding hydrogens is 347 g/mol. The van der Waals surface area contributed by atoms with Crippen molar-refractivity contribution >= 4 is 42.1 Å². The summed E-state index contributed by atoms with van der Waals surface area (Å²) >= 11 is 0. The van der Waals surface area contributed by atoms with E-state index in [0.717, 1.165) is 26.2 Å². The summed E-state index contributed by atoms with van der Waals surface area (Å²) in [6, 6.07) is 4.35. The second-order valence-electron chi connectivity index (χ2n) is 4.71. The minimum atomic E-state index is -0.539. The lowest BCUT2D eigenvalue weighted by Crippen LogP contribution is -2.46. The number of hydrogen-bond donors (Lipinski definition) is 2. The maximum Gasteiger partial charge on any atom is 0.296 e. The van der Waals surface area contributed by atoms with Crippen molar-refractivity contribution in [2.45, 2.75) is 0 Å². The van der Waals surface area contributed by atoms with E-state index in [9.17, 15) is 14.9 Å². The molecule has 1 fully saturated rings. The van der Waals surface area contributed by atoms with Crippen LogP contribution in [0, 0.1) is 10.1 Å². The SMILES string of the molecule is COc1ccc(NC(=O)CN2CCNCC2)c([N+](=O)[O-])c1.Cl.Cl. The summed E-state index contributed by atoms with van der Waals surface area (Å²) < 4.78 is 4.95. The summed E-state index contributed by atoms with van der Waals surface area (Å²) in [5, 5.41) is 16.8. The van der Waals surface area contributed by atoms with Gasteiger partial charge in [0, 0.05) is 26.2 Å². The maximum atomic E-state index is 12.0. The molecule has 10 heteroatoms. The van der Waals surface area contributed by atoms with Crippen molar-refractivity contribution in [2.75, 3.05) is 45.2 Å². The molecule has 1 aliphatic heterocycles. The molecule has 1 aliphatic rings. The topological polar surface area (TPSA) is 96.7 Å². The second-order valence-corrected chi connectivity index (χ2v) is 4.71. The quantitative estimate of drug-likeness (QED) is 0.601. The maximum absolute atomic E-state index is 12.0. The number of methoxy groups -OCH3 is 1. The van der Waals surface area contributed by atoms with Crippen molar-refractivity contribution < 1.29 is 14.5 Å². The van der Waals surface area contributed by atoms with E-state index in [0.29, 0.717) is 5.75 Å². The molecule has 0 saturated carbocycles. The minimum absolute atomic E-state index is 0. The van der Waals surface area contributed by atoms with Gasteiger partial charge in [0.15, 0.2) is 0 Å². The number of piperazine rings is 1. The molecule has 8 nitrogen and oxygen atoms in total. The molecule has 2 rings (SSSR count). The van der Waals surface area contributed by atoms with Gasteiger partial charge in [-0.05, 0) is 12.1 Å². The fraction of sp³-hybridized carbons (Fsp3) is 0.462. The molecule has 23 heavy (non-hydrogen) atoms. The van der Waals surface area contributed by atoms with E-state index in [1.54, 1.807) is 6.07 Å². The number of nitrogens with zero attached hydrogens (tertiary/aromatic N) is 2. The number of halogens is 2. The predicted molar refractivity (Wildman–Crippen MR) is 92.1 cm³/mol. The number of benzene rings is 1. The molecule has 0 unspecified atom stereocenters. The summed E-state index contributed by atoms with van der Waals surface area (Å²) in [5.41, 5.74) is 0.00365. The standard InChI is InChI=1S/C13H18N4O4.2ClH/c1-21-10-2-3-11(12(8-10)17(19)20)15-13(18)9-16-6-4-14-5-7-16;;/h2-3,8,14H,4-7,9H2,1H3,(H,15,18);2*1H. The highest BCUT2D eigenvalue weighted by atomic mass is 35.5. The third-order valence-electron chi connectivity index (χ3n) is 3.25. The Labute approximate surface area is 146 Å². The van der Waals surface area contributed by atoms with Crippen molar-refractivity contribution in [1.29, 1.82) is 0 Å². The molecule has 1 aromatic carbocycles. The summed E-state index contributed by atoms with van der Waals surface area (Å²) in [7, 11) is 1.43. The molecule has 0 spiro atoms. The van der Waals surface area contributed by atoms with E-state index in [1.807, 2.05) is 4.90 Å². The van der Waals surface area contributed by atoms with Gasteiger partial charge in [-0.1, -0.05) is 0 Å². The number of hydrogen-bond acceptors (Lipinski definition) is 6. The number of anilines is 1. The Morgan fingerprint density at radius 1 is 1.39 bits per heavy atom.